The quantitative estimate of drug-likeness (QED) is 0.240. The zero-order valence-corrected chi connectivity index (χ0v) is 24.3. The van der Waals surface area contributed by atoms with Crippen LogP contribution < -0.4 is 20.7 Å². The molecule has 1 spiro atoms. The number of aliphatic hydroxyl groups is 1. The summed E-state index contributed by atoms with van der Waals surface area (Å²) in [5.41, 5.74) is 3.16. The minimum atomic E-state index is -1.25. The molecule has 5 atom stereocenters. The van der Waals surface area contributed by atoms with E-state index in [-0.39, 0.29) is 18.3 Å². The lowest BCUT2D eigenvalue weighted by Crippen LogP contribution is -2.52. The monoisotopic (exact) mass is 582 g/mol. The van der Waals surface area contributed by atoms with E-state index in [4.69, 9.17) is 14.1 Å². The molecule has 7 rings (SSSR count). The van der Waals surface area contributed by atoms with Gasteiger partial charge in [-0.3, -0.25) is 9.59 Å². The molecule has 2 aromatic carbocycles. The van der Waals surface area contributed by atoms with Gasteiger partial charge in [0, 0.05) is 30.1 Å². The predicted octanol–water partition coefficient (Wildman–Crippen LogP) is 3.41. The summed E-state index contributed by atoms with van der Waals surface area (Å²) in [6.07, 6.45) is 1.81. The number of carbonyl (C=O) groups excluding carboxylic acids is 2. The predicted molar refractivity (Wildman–Crippen MR) is 157 cm³/mol. The van der Waals surface area contributed by atoms with Gasteiger partial charge in [0.05, 0.1) is 0 Å². The lowest BCUT2D eigenvalue weighted by molar-refractivity contribution is -0.135. The Hall–Kier alpha value is -4.64. The van der Waals surface area contributed by atoms with E-state index in [0.29, 0.717) is 28.9 Å². The molecule has 11 heteroatoms. The van der Waals surface area contributed by atoms with Crippen molar-refractivity contribution in [2.45, 2.75) is 63.9 Å². The Bertz CT molecular complexity index is 1710. The number of aliphatic hydroxyl groups excluding tert-OH is 1. The van der Waals surface area contributed by atoms with Gasteiger partial charge in [0.15, 0.2) is 17.8 Å². The minimum absolute atomic E-state index is 0.115. The number of para-hydroxylation sites is 1. The molecule has 4 bridgehead atoms. The highest BCUT2D eigenvalue weighted by Gasteiger charge is 2.61. The molecule has 0 saturated carbocycles. The average molecular weight is 583 g/mol. The van der Waals surface area contributed by atoms with Gasteiger partial charge in [0.25, 0.3) is 0 Å². The summed E-state index contributed by atoms with van der Waals surface area (Å²) in [7, 11) is 0. The zero-order chi connectivity index (χ0) is 30.0. The second kappa shape index (κ2) is 9.98. The molecule has 4 aromatic rings. The number of nitrogens with one attached hydrogen (secondary N) is 4. The van der Waals surface area contributed by atoms with Crippen molar-refractivity contribution >= 4 is 17.5 Å². The molecule has 222 valence electrons. The first-order valence-corrected chi connectivity index (χ1v) is 14.6. The Morgan fingerprint density at radius 1 is 1.12 bits per heavy atom. The second-order valence-electron chi connectivity index (χ2n) is 12.2. The van der Waals surface area contributed by atoms with Gasteiger partial charge in [0.1, 0.15) is 35.0 Å². The number of hydrogen-bond donors (Lipinski definition) is 5. The third kappa shape index (κ3) is 4.13. The molecule has 3 aliphatic heterocycles. The maximum atomic E-state index is 13.9. The molecule has 2 unspecified atom stereocenters. The highest BCUT2D eigenvalue weighted by atomic mass is 16.5. The number of benzene rings is 2. The molecule has 0 aliphatic carbocycles. The van der Waals surface area contributed by atoms with Crippen LogP contribution in [0.3, 0.4) is 0 Å². The van der Waals surface area contributed by atoms with Crippen LogP contribution in [-0.4, -0.2) is 50.2 Å². The molecule has 5 heterocycles. The van der Waals surface area contributed by atoms with Crippen molar-refractivity contribution in [3.05, 3.63) is 83.2 Å². The molecular weight excluding hydrogens is 548 g/mol. The smallest absolute Gasteiger partial charge is 0.249 e. The van der Waals surface area contributed by atoms with Crippen LogP contribution >= 0.6 is 0 Å². The van der Waals surface area contributed by atoms with Crippen LogP contribution in [0.4, 0.5) is 5.69 Å². The third-order valence-corrected chi connectivity index (χ3v) is 8.67. The van der Waals surface area contributed by atoms with Crippen LogP contribution in [0.1, 0.15) is 62.1 Å². The van der Waals surface area contributed by atoms with Crippen molar-refractivity contribution < 1.29 is 23.8 Å². The normalized spacial score (nSPS) is 24.3. The van der Waals surface area contributed by atoms with Crippen molar-refractivity contribution in [2.75, 3.05) is 5.32 Å². The summed E-state index contributed by atoms with van der Waals surface area (Å²) in [6, 6.07) is 12.3. The van der Waals surface area contributed by atoms with Crippen LogP contribution in [0.15, 0.2) is 59.3 Å². The zero-order valence-electron chi connectivity index (χ0n) is 24.3. The minimum Gasteiger partial charge on any atom is -0.469 e. The fourth-order valence-corrected chi connectivity index (χ4v) is 6.42. The van der Waals surface area contributed by atoms with E-state index in [9.17, 15) is 14.7 Å². The number of amides is 2. The number of oxazole rings is 1. The van der Waals surface area contributed by atoms with E-state index in [0.717, 1.165) is 22.4 Å². The Balaban J connectivity index is 1.47. The number of aromatic nitrogens is 3. The van der Waals surface area contributed by atoms with E-state index in [1.54, 1.807) is 26.2 Å². The summed E-state index contributed by atoms with van der Waals surface area (Å²) < 4.78 is 13.3. The van der Waals surface area contributed by atoms with Crippen LogP contribution in [0.2, 0.25) is 0 Å². The Morgan fingerprint density at radius 3 is 2.67 bits per heavy atom. The first-order valence-electron chi connectivity index (χ1n) is 14.6. The molecule has 43 heavy (non-hydrogen) atoms. The number of nitrogens with zero attached hydrogens (tertiary/aromatic N) is 2. The largest absolute Gasteiger partial charge is 0.469 e. The number of anilines is 1. The summed E-state index contributed by atoms with van der Waals surface area (Å²) >= 11 is 0. The van der Waals surface area contributed by atoms with Gasteiger partial charge in [-0.1, -0.05) is 58.0 Å². The molecule has 2 aromatic heterocycles. The highest BCUT2D eigenvalue weighted by molar-refractivity contribution is 5.90. The van der Waals surface area contributed by atoms with Crippen LogP contribution in [0.5, 0.6) is 5.75 Å². The number of aromatic amines is 1. The molecule has 11 nitrogen and oxygen atoms in total. The molecule has 5 N–H and O–H groups in total. The maximum absolute atomic E-state index is 13.9. The number of carbonyl (C=O) groups is 2. The number of hydrogen-bond acceptors (Lipinski definition) is 8. The summed E-state index contributed by atoms with van der Waals surface area (Å²) in [6.45, 7) is 7.44. The molecule has 0 radical (unpaired) electrons. The van der Waals surface area contributed by atoms with Crippen LogP contribution in [0, 0.1) is 11.8 Å². The van der Waals surface area contributed by atoms with E-state index >= 15 is 0 Å². The van der Waals surface area contributed by atoms with E-state index < -0.39 is 41.6 Å². The van der Waals surface area contributed by atoms with Crippen molar-refractivity contribution in [3.63, 3.8) is 0 Å². The van der Waals surface area contributed by atoms with Crippen molar-refractivity contribution in [1.82, 2.24) is 25.6 Å². The maximum Gasteiger partial charge on any atom is 0.249 e. The summed E-state index contributed by atoms with van der Waals surface area (Å²) in [5.74, 6) is 0.654. The van der Waals surface area contributed by atoms with Gasteiger partial charge < -0.3 is 35.2 Å². The molecular formula is C32H34N6O5. The number of H-pyrrole nitrogens is 1. The van der Waals surface area contributed by atoms with Gasteiger partial charge in [-0.25, -0.2) is 9.97 Å². The lowest BCUT2D eigenvalue weighted by atomic mass is 9.72. The topological polar surface area (TPSA) is 154 Å². The van der Waals surface area contributed by atoms with Gasteiger partial charge in [-0.05, 0) is 35.1 Å². The lowest BCUT2D eigenvalue weighted by Gasteiger charge is -2.29. The summed E-state index contributed by atoms with van der Waals surface area (Å²) in [5, 5.41) is 19.9. The van der Waals surface area contributed by atoms with Gasteiger partial charge in [-0.15, -0.1) is 0 Å². The van der Waals surface area contributed by atoms with Crippen molar-refractivity contribution in [3.8, 4) is 17.3 Å². The van der Waals surface area contributed by atoms with Gasteiger partial charge in [0.2, 0.25) is 17.7 Å². The third-order valence-electron chi connectivity index (χ3n) is 8.67. The number of fused-ring (bicyclic) bond motifs is 4. The SMILES string of the molecule is CC(C)[C@H](O)C(=O)N[C@H]1Cc2ccc3c(c2)C2(c4ccccc4NC2O3)c2oc(nc2-c2ncc[nH]2)[C@H](C(C)C)NC1=O. The van der Waals surface area contributed by atoms with Crippen molar-refractivity contribution in [2.24, 2.45) is 11.8 Å². The molecule has 3 aliphatic rings. The number of rotatable bonds is 5. The number of ether oxygens (including phenoxy) is 1. The Labute approximate surface area is 248 Å². The second-order valence-corrected chi connectivity index (χ2v) is 12.2. The molecule has 2 amide bonds. The highest BCUT2D eigenvalue weighted by Crippen LogP contribution is 2.59. The standard InChI is InChI=1S/C32H34N6O5/c1-15(2)23-30-38-24(27-33-11-12-34-27)26(43-30)32-18-7-5-6-8-20(18)36-31(32)42-22-10-9-17(13-19(22)32)14-21(28(40)37-23)35-29(41)25(39)16(3)4/h5-13,15-16,21,23,25,31,36,39H,14H2,1-4H3,(H,33,34)(H,35,41)(H,37,40)/t21-,23-,25-,31?,32?/m0/s1. The van der Waals surface area contributed by atoms with E-state index in [1.807, 2.05) is 50.2 Å². The Morgan fingerprint density at radius 2 is 1.93 bits per heavy atom. The van der Waals surface area contributed by atoms with E-state index in [2.05, 4.69) is 32.0 Å². The average Bonchev–Trinajstić information content (AvgIpc) is 3.76. The fourth-order valence-electron chi connectivity index (χ4n) is 6.42. The number of imidazole rings is 1. The molecule has 0 fully saturated rings. The van der Waals surface area contributed by atoms with Crippen LogP contribution in [-0.2, 0) is 21.4 Å². The first-order chi connectivity index (χ1) is 20.7. The van der Waals surface area contributed by atoms with Crippen LogP contribution in [0.25, 0.3) is 11.5 Å². The summed E-state index contributed by atoms with van der Waals surface area (Å²) in [4.78, 5) is 39.5. The first kappa shape index (κ1) is 27.2. The van der Waals surface area contributed by atoms with Gasteiger partial charge in [-0.2, -0.15) is 0 Å². The van der Waals surface area contributed by atoms with Gasteiger partial charge >= 0.3 is 0 Å². The van der Waals surface area contributed by atoms with E-state index in [1.165, 1.54) is 0 Å². The molecule has 0 saturated heterocycles. The fraction of sp³-hybridized carbons (Fsp3) is 0.375. The van der Waals surface area contributed by atoms with Crippen molar-refractivity contribution in [1.29, 1.82) is 0 Å². The Kier molecular flexibility index (Phi) is 6.31.